The van der Waals surface area contributed by atoms with E-state index in [1.807, 2.05) is 12.1 Å². The number of carbonyl (C=O) groups excluding carboxylic acids is 1. The molecule has 202 valence electrons. The third kappa shape index (κ3) is 6.99. The van der Waals surface area contributed by atoms with E-state index in [0.717, 1.165) is 64.7 Å². The number of rotatable bonds is 7. The third-order valence-electron chi connectivity index (χ3n) is 8.17. The van der Waals surface area contributed by atoms with Crippen LogP contribution in [0.3, 0.4) is 0 Å². The summed E-state index contributed by atoms with van der Waals surface area (Å²) < 4.78 is 6.07. The van der Waals surface area contributed by atoms with Crippen molar-refractivity contribution >= 4 is 23.2 Å². The summed E-state index contributed by atoms with van der Waals surface area (Å²) in [6.45, 7) is 4.35. The molecule has 3 N–H and O–H groups in total. The number of anilines is 1. The number of halogens is 1. The van der Waals surface area contributed by atoms with Crippen molar-refractivity contribution in [2.75, 3.05) is 31.1 Å². The first-order chi connectivity index (χ1) is 18.6. The standard InChI is InChI=1S/C30H38ClN5O2/c31-29-19-28(8-3-22(29)20-32)38-27-9-4-23(5-10-27)35-30(37)21-1-6-26(7-2-21)36-17-13-25(14-18-36)34-24-11-15-33-16-12-24/h1-3,6-8,19,23-25,27,33-34H,4-5,9-18H2,(H,35,37)/t23-,27-. The van der Waals surface area contributed by atoms with Gasteiger partial charge in [-0.3, -0.25) is 4.79 Å². The van der Waals surface area contributed by atoms with Crippen LogP contribution < -0.4 is 25.6 Å². The monoisotopic (exact) mass is 535 g/mol. The van der Waals surface area contributed by atoms with E-state index in [0.29, 0.717) is 34.0 Å². The number of nitrogens with one attached hydrogen (secondary N) is 3. The molecule has 1 amide bonds. The van der Waals surface area contributed by atoms with E-state index in [-0.39, 0.29) is 18.1 Å². The number of carbonyl (C=O) groups is 1. The molecule has 3 aliphatic rings. The Balaban J connectivity index is 1.04. The molecule has 5 rings (SSSR count). The second kappa shape index (κ2) is 12.8. The van der Waals surface area contributed by atoms with E-state index < -0.39 is 0 Å². The molecule has 0 aromatic heterocycles. The van der Waals surface area contributed by atoms with E-state index in [2.05, 4.69) is 39.1 Å². The minimum Gasteiger partial charge on any atom is -0.490 e. The molecule has 2 aliphatic heterocycles. The van der Waals surface area contributed by atoms with Crippen LogP contribution in [-0.2, 0) is 0 Å². The second-order valence-electron chi connectivity index (χ2n) is 10.8. The Morgan fingerprint density at radius 3 is 2.26 bits per heavy atom. The molecule has 2 aromatic carbocycles. The average Bonchev–Trinajstić information content (AvgIpc) is 2.95. The van der Waals surface area contributed by atoms with Gasteiger partial charge in [0.25, 0.3) is 5.91 Å². The van der Waals surface area contributed by atoms with Crippen molar-refractivity contribution in [2.45, 2.75) is 75.6 Å². The van der Waals surface area contributed by atoms with Gasteiger partial charge in [0.1, 0.15) is 11.8 Å². The van der Waals surface area contributed by atoms with Crippen molar-refractivity contribution in [3.8, 4) is 11.8 Å². The van der Waals surface area contributed by atoms with Crippen LogP contribution in [0.4, 0.5) is 5.69 Å². The Morgan fingerprint density at radius 2 is 1.61 bits per heavy atom. The fraction of sp³-hybridized carbons (Fsp3) is 0.533. The zero-order valence-corrected chi connectivity index (χ0v) is 22.7. The predicted molar refractivity (Wildman–Crippen MR) is 151 cm³/mol. The van der Waals surface area contributed by atoms with Crippen molar-refractivity contribution < 1.29 is 9.53 Å². The molecule has 0 bridgehead atoms. The molecular formula is C30H38ClN5O2. The van der Waals surface area contributed by atoms with E-state index in [1.54, 1.807) is 18.2 Å². The van der Waals surface area contributed by atoms with E-state index in [1.165, 1.54) is 18.5 Å². The molecule has 2 saturated heterocycles. The van der Waals surface area contributed by atoms with Crippen LogP contribution in [0, 0.1) is 11.3 Å². The topological polar surface area (TPSA) is 89.4 Å². The second-order valence-corrected chi connectivity index (χ2v) is 11.2. The van der Waals surface area contributed by atoms with Gasteiger partial charge < -0.3 is 25.6 Å². The molecule has 3 fully saturated rings. The maximum absolute atomic E-state index is 12.9. The lowest BCUT2D eigenvalue weighted by Crippen LogP contribution is -2.49. The Labute approximate surface area is 230 Å². The lowest BCUT2D eigenvalue weighted by molar-refractivity contribution is 0.0894. The highest BCUT2D eigenvalue weighted by Gasteiger charge is 2.25. The molecule has 0 atom stereocenters. The Kier molecular flexibility index (Phi) is 9.06. The largest absolute Gasteiger partial charge is 0.490 e. The van der Waals surface area contributed by atoms with Crippen LogP contribution in [0.5, 0.6) is 5.75 Å². The molecule has 0 unspecified atom stereocenters. The molecule has 2 aromatic rings. The van der Waals surface area contributed by atoms with Crippen LogP contribution in [0.1, 0.15) is 67.3 Å². The minimum atomic E-state index is -0.00956. The maximum Gasteiger partial charge on any atom is 0.251 e. The maximum atomic E-state index is 12.9. The Bertz CT molecular complexity index is 1110. The molecule has 38 heavy (non-hydrogen) atoms. The number of nitrogens with zero attached hydrogens (tertiary/aromatic N) is 2. The van der Waals surface area contributed by atoms with Crippen LogP contribution >= 0.6 is 11.6 Å². The normalized spacial score (nSPS) is 23.0. The first kappa shape index (κ1) is 26.8. The summed E-state index contributed by atoms with van der Waals surface area (Å²) in [6, 6.07) is 16.7. The average molecular weight is 536 g/mol. The van der Waals surface area contributed by atoms with Gasteiger partial charge in [0.2, 0.25) is 0 Å². The van der Waals surface area contributed by atoms with E-state index >= 15 is 0 Å². The van der Waals surface area contributed by atoms with Gasteiger partial charge in [0, 0.05) is 48.5 Å². The highest BCUT2D eigenvalue weighted by atomic mass is 35.5. The molecule has 8 heteroatoms. The number of ether oxygens (including phenoxy) is 1. The predicted octanol–water partition coefficient (Wildman–Crippen LogP) is 4.64. The summed E-state index contributed by atoms with van der Waals surface area (Å²) >= 11 is 6.12. The van der Waals surface area contributed by atoms with Gasteiger partial charge in [-0.1, -0.05) is 11.6 Å². The summed E-state index contributed by atoms with van der Waals surface area (Å²) in [6.07, 6.45) is 8.35. The smallest absolute Gasteiger partial charge is 0.251 e. The van der Waals surface area contributed by atoms with Gasteiger partial charge in [-0.2, -0.15) is 5.26 Å². The molecule has 1 saturated carbocycles. The molecule has 0 radical (unpaired) electrons. The molecule has 2 heterocycles. The number of benzene rings is 2. The fourth-order valence-electron chi connectivity index (χ4n) is 5.90. The number of hydrogen-bond donors (Lipinski definition) is 3. The zero-order chi connectivity index (χ0) is 26.3. The van der Waals surface area contributed by atoms with Crippen LogP contribution in [0.15, 0.2) is 42.5 Å². The van der Waals surface area contributed by atoms with Crippen molar-refractivity contribution in [1.82, 2.24) is 16.0 Å². The van der Waals surface area contributed by atoms with Gasteiger partial charge in [-0.05, 0) is 101 Å². The summed E-state index contributed by atoms with van der Waals surface area (Å²) in [5.74, 6) is 0.675. The SMILES string of the molecule is N#Cc1ccc(O[C@H]2CC[C@H](NC(=O)c3ccc(N4CCC(NC5CCNCC5)CC4)cc3)CC2)cc1Cl. The summed E-state index contributed by atoms with van der Waals surface area (Å²) in [4.78, 5) is 15.3. The first-order valence-electron chi connectivity index (χ1n) is 14.1. The van der Waals surface area contributed by atoms with Crippen molar-refractivity contribution in [2.24, 2.45) is 0 Å². The number of hydrogen-bond acceptors (Lipinski definition) is 6. The van der Waals surface area contributed by atoms with Crippen molar-refractivity contribution in [3.63, 3.8) is 0 Å². The third-order valence-corrected chi connectivity index (χ3v) is 8.49. The van der Waals surface area contributed by atoms with Crippen LogP contribution in [0.2, 0.25) is 5.02 Å². The van der Waals surface area contributed by atoms with Gasteiger partial charge >= 0.3 is 0 Å². The minimum absolute atomic E-state index is 0.00956. The van der Waals surface area contributed by atoms with Crippen molar-refractivity contribution in [1.29, 1.82) is 5.26 Å². The summed E-state index contributed by atoms with van der Waals surface area (Å²) in [5.41, 5.74) is 2.35. The molecule has 0 spiro atoms. The van der Waals surface area contributed by atoms with E-state index in [9.17, 15) is 4.79 Å². The Hall–Kier alpha value is -2.79. The fourth-order valence-corrected chi connectivity index (χ4v) is 6.11. The summed E-state index contributed by atoms with van der Waals surface area (Å²) in [5, 5.41) is 20.0. The van der Waals surface area contributed by atoms with E-state index in [4.69, 9.17) is 21.6 Å². The molecular weight excluding hydrogens is 498 g/mol. The lowest BCUT2D eigenvalue weighted by atomic mass is 9.92. The van der Waals surface area contributed by atoms with Crippen LogP contribution in [-0.4, -0.2) is 56.3 Å². The lowest BCUT2D eigenvalue weighted by Gasteiger charge is -2.36. The zero-order valence-electron chi connectivity index (χ0n) is 21.9. The molecule has 7 nitrogen and oxygen atoms in total. The van der Waals surface area contributed by atoms with Crippen LogP contribution in [0.25, 0.3) is 0 Å². The number of amides is 1. The summed E-state index contributed by atoms with van der Waals surface area (Å²) in [7, 11) is 0. The first-order valence-corrected chi connectivity index (χ1v) is 14.4. The van der Waals surface area contributed by atoms with Gasteiger partial charge in [-0.25, -0.2) is 0 Å². The van der Waals surface area contributed by atoms with Gasteiger partial charge in [0.05, 0.1) is 16.7 Å². The number of piperidine rings is 2. The highest BCUT2D eigenvalue weighted by Crippen LogP contribution is 2.28. The van der Waals surface area contributed by atoms with Crippen molar-refractivity contribution in [3.05, 3.63) is 58.6 Å². The Morgan fingerprint density at radius 1 is 0.921 bits per heavy atom. The molecule has 1 aliphatic carbocycles. The number of nitriles is 1. The van der Waals surface area contributed by atoms with Gasteiger partial charge in [0.15, 0.2) is 0 Å². The van der Waals surface area contributed by atoms with Gasteiger partial charge in [-0.15, -0.1) is 0 Å². The quantitative estimate of drug-likeness (QED) is 0.478. The highest BCUT2D eigenvalue weighted by molar-refractivity contribution is 6.31.